The Morgan fingerprint density at radius 3 is 2.66 bits per heavy atom. The monoisotopic (exact) mass is 465 g/mol. The second-order valence-corrected chi connectivity index (χ2v) is 8.62. The van der Waals surface area contributed by atoms with Gasteiger partial charge in [-0.1, -0.05) is 36.0 Å². The van der Waals surface area contributed by atoms with Gasteiger partial charge in [0, 0.05) is 27.4 Å². The lowest BCUT2D eigenvalue weighted by atomic mass is 10.3. The molecule has 9 heteroatoms. The maximum Gasteiger partial charge on any atom is 0.341 e. The van der Waals surface area contributed by atoms with E-state index in [1.165, 1.54) is 23.1 Å². The van der Waals surface area contributed by atoms with Gasteiger partial charge in [0.2, 0.25) is 0 Å². The van der Waals surface area contributed by atoms with E-state index in [0.29, 0.717) is 23.1 Å². The van der Waals surface area contributed by atoms with Crippen molar-refractivity contribution < 1.29 is 19.4 Å². The van der Waals surface area contributed by atoms with Crippen molar-refractivity contribution >= 4 is 40.0 Å². The number of benzene rings is 2. The summed E-state index contributed by atoms with van der Waals surface area (Å²) in [6.45, 7) is 1.55. The summed E-state index contributed by atoms with van der Waals surface area (Å²) < 4.78 is 11.4. The summed E-state index contributed by atoms with van der Waals surface area (Å²) in [5, 5.41) is 14.7. The van der Waals surface area contributed by atoms with Gasteiger partial charge in [0.25, 0.3) is 0 Å². The van der Waals surface area contributed by atoms with Gasteiger partial charge in [0.05, 0.1) is 5.69 Å². The number of nitrogens with zero attached hydrogens (tertiary/aromatic N) is 2. The van der Waals surface area contributed by atoms with Crippen molar-refractivity contribution in [2.75, 3.05) is 11.9 Å². The summed E-state index contributed by atoms with van der Waals surface area (Å²) in [6.07, 6.45) is 1.75. The van der Waals surface area contributed by atoms with E-state index in [0.717, 1.165) is 20.6 Å². The molecule has 0 amide bonds. The molecule has 0 bridgehead atoms. The molecule has 32 heavy (non-hydrogen) atoms. The molecule has 7 nitrogen and oxygen atoms in total. The minimum Gasteiger partial charge on any atom is -0.482 e. The number of thiazole rings is 1. The number of rotatable bonds is 9. The van der Waals surface area contributed by atoms with Crippen molar-refractivity contribution in [1.29, 1.82) is 0 Å². The number of aliphatic carboxylic acids is 1. The molecule has 2 aromatic heterocycles. The van der Waals surface area contributed by atoms with Gasteiger partial charge in [0.1, 0.15) is 11.5 Å². The quantitative estimate of drug-likeness (QED) is 0.311. The van der Waals surface area contributed by atoms with E-state index < -0.39 is 5.97 Å². The largest absolute Gasteiger partial charge is 0.482 e. The predicted octanol–water partition coefficient (Wildman–Crippen LogP) is 6.00. The Balaban J connectivity index is 1.58. The minimum atomic E-state index is -1.02. The molecular formula is C23H19N3O4S2. The number of anilines is 2. The minimum absolute atomic E-state index is 0.388. The van der Waals surface area contributed by atoms with Gasteiger partial charge in [-0.25, -0.2) is 14.8 Å². The van der Waals surface area contributed by atoms with Crippen LogP contribution in [0, 0.1) is 6.92 Å². The molecule has 4 aromatic rings. The van der Waals surface area contributed by atoms with Crippen LogP contribution in [0.4, 0.5) is 10.9 Å². The number of carboxylic acids is 1. The van der Waals surface area contributed by atoms with Gasteiger partial charge >= 0.3 is 5.97 Å². The van der Waals surface area contributed by atoms with Crippen LogP contribution in [0.25, 0.3) is 0 Å². The first-order valence-electron chi connectivity index (χ1n) is 9.60. The highest BCUT2D eigenvalue weighted by Crippen LogP contribution is 2.37. The molecule has 0 saturated carbocycles. The zero-order valence-corrected chi connectivity index (χ0v) is 18.7. The average molecular weight is 466 g/mol. The molecule has 0 fully saturated rings. The summed E-state index contributed by atoms with van der Waals surface area (Å²) in [6, 6.07) is 18.6. The number of aryl methyl sites for hydroxylation is 1. The summed E-state index contributed by atoms with van der Waals surface area (Å²) >= 11 is 2.96. The Morgan fingerprint density at radius 2 is 1.91 bits per heavy atom. The first-order chi connectivity index (χ1) is 15.5. The van der Waals surface area contributed by atoms with Crippen LogP contribution in [0.15, 0.2) is 82.0 Å². The topological polar surface area (TPSA) is 93.6 Å². The Kier molecular flexibility index (Phi) is 6.88. The summed E-state index contributed by atoms with van der Waals surface area (Å²) in [4.78, 5) is 21.5. The lowest BCUT2D eigenvalue weighted by Gasteiger charge is -2.13. The third kappa shape index (κ3) is 5.99. The SMILES string of the molecule is Cc1csc(Nc2ncc(Sc3cccc(OCC(=O)O)c3)cc2Oc2ccccc2)n1. The molecule has 0 radical (unpaired) electrons. The first kappa shape index (κ1) is 21.7. The Hall–Kier alpha value is -3.56. The summed E-state index contributed by atoms with van der Waals surface area (Å²) in [5.41, 5.74) is 0.931. The van der Waals surface area contributed by atoms with Gasteiger partial charge in [0.15, 0.2) is 23.3 Å². The number of hydrogen-bond donors (Lipinski definition) is 2. The highest BCUT2D eigenvalue weighted by molar-refractivity contribution is 7.99. The number of carbonyl (C=O) groups is 1. The van der Waals surface area contributed by atoms with E-state index in [1.54, 1.807) is 18.3 Å². The second kappa shape index (κ2) is 10.2. The van der Waals surface area contributed by atoms with Crippen LogP contribution in [0.1, 0.15) is 5.69 Å². The normalized spacial score (nSPS) is 10.5. The molecule has 0 aliphatic carbocycles. The molecule has 0 aliphatic rings. The molecule has 4 rings (SSSR count). The van der Waals surface area contributed by atoms with E-state index in [9.17, 15) is 4.79 Å². The number of nitrogens with one attached hydrogen (secondary N) is 1. The molecular weight excluding hydrogens is 446 g/mol. The molecule has 2 aromatic carbocycles. The molecule has 0 unspecified atom stereocenters. The predicted molar refractivity (Wildman–Crippen MR) is 125 cm³/mol. The van der Waals surface area contributed by atoms with Crippen molar-refractivity contribution in [1.82, 2.24) is 9.97 Å². The number of pyridine rings is 1. The van der Waals surface area contributed by atoms with Gasteiger partial charge in [-0.15, -0.1) is 11.3 Å². The Morgan fingerprint density at radius 1 is 1.09 bits per heavy atom. The number of carboxylic acid groups (broad SMARTS) is 1. The standard InChI is InChI=1S/C23H19N3O4S2/c1-15-14-31-23(25-15)26-22-20(30-16-6-3-2-4-7-16)11-19(12-24-22)32-18-9-5-8-17(10-18)29-13-21(27)28/h2-12,14H,13H2,1H3,(H,27,28)(H,24,25,26). The van der Waals surface area contributed by atoms with Crippen molar-refractivity contribution in [3.05, 3.63) is 77.9 Å². The van der Waals surface area contributed by atoms with E-state index in [1.807, 2.05) is 60.8 Å². The highest BCUT2D eigenvalue weighted by atomic mass is 32.2. The van der Waals surface area contributed by atoms with Crippen LogP contribution in [0.2, 0.25) is 0 Å². The van der Waals surface area contributed by atoms with E-state index in [-0.39, 0.29) is 6.61 Å². The molecule has 0 aliphatic heterocycles. The fourth-order valence-electron chi connectivity index (χ4n) is 2.69. The van der Waals surface area contributed by atoms with Crippen molar-refractivity contribution in [3.8, 4) is 17.2 Å². The highest BCUT2D eigenvalue weighted by Gasteiger charge is 2.12. The molecule has 0 spiro atoms. The van der Waals surface area contributed by atoms with Crippen LogP contribution < -0.4 is 14.8 Å². The van der Waals surface area contributed by atoms with Gasteiger partial charge in [-0.2, -0.15) is 0 Å². The Labute approximate surface area is 193 Å². The smallest absolute Gasteiger partial charge is 0.341 e. The maximum atomic E-state index is 10.7. The van der Waals surface area contributed by atoms with Gasteiger partial charge in [-0.3, -0.25) is 0 Å². The van der Waals surface area contributed by atoms with E-state index in [2.05, 4.69) is 15.3 Å². The zero-order valence-electron chi connectivity index (χ0n) is 17.0. The average Bonchev–Trinajstić information content (AvgIpc) is 3.20. The van der Waals surface area contributed by atoms with Crippen molar-refractivity contribution in [3.63, 3.8) is 0 Å². The maximum absolute atomic E-state index is 10.7. The fraction of sp³-hybridized carbons (Fsp3) is 0.0870. The number of hydrogen-bond acceptors (Lipinski definition) is 8. The van der Waals surface area contributed by atoms with Crippen LogP contribution >= 0.6 is 23.1 Å². The third-order valence-electron chi connectivity index (χ3n) is 4.05. The Bertz CT molecular complexity index is 1210. The number of ether oxygens (including phenoxy) is 2. The first-order valence-corrected chi connectivity index (χ1v) is 11.3. The summed E-state index contributed by atoms with van der Waals surface area (Å²) in [5.74, 6) is 1.29. The lowest BCUT2D eigenvalue weighted by molar-refractivity contribution is -0.139. The van der Waals surface area contributed by atoms with Crippen molar-refractivity contribution in [2.45, 2.75) is 16.7 Å². The molecule has 2 heterocycles. The molecule has 2 N–H and O–H groups in total. The molecule has 162 valence electrons. The van der Waals surface area contributed by atoms with E-state index >= 15 is 0 Å². The number of aromatic nitrogens is 2. The van der Waals surface area contributed by atoms with Crippen LogP contribution in [-0.4, -0.2) is 27.7 Å². The van der Waals surface area contributed by atoms with E-state index in [4.69, 9.17) is 14.6 Å². The molecule has 0 saturated heterocycles. The van der Waals surface area contributed by atoms with Crippen LogP contribution in [-0.2, 0) is 4.79 Å². The van der Waals surface area contributed by atoms with Crippen LogP contribution in [0.3, 0.4) is 0 Å². The zero-order chi connectivity index (χ0) is 22.3. The van der Waals surface area contributed by atoms with Gasteiger partial charge < -0.3 is 19.9 Å². The second-order valence-electron chi connectivity index (χ2n) is 6.61. The third-order valence-corrected chi connectivity index (χ3v) is 5.87. The molecule has 0 atom stereocenters. The summed E-state index contributed by atoms with van der Waals surface area (Å²) in [7, 11) is 0. The lowest BCUT2D eigenvalue weighted by Crippen LogP contribution is -2.09. The van der Waals surface area contributed by atoms with Gasteiger partial charge in [-0.05, 0) is 37.3 Å². The fourth-order valence-corrected chi connectivity index (χ4v) is 4.24. The van der Waals surface area contributed by atoms with Crippen molar-refractivity contribution in [2.24, 2.45) is 0 Å². The number of para-hydroxylation sites is 1. The van der Waals surface area contributed by atoms with Crippen LogP contribution in [0.5, 0.6) is 17.2 Å².